The number of methoxy groups -OCH3 is 1. The van der Waals surface area contributed by atoms with Crippen LogP contribution in [0.3, 0.4) is 0 Å². The Morgan fingerprint density at radius 1 is 1.22 bits per heavy atom. The van der Waals surface area contributed by atoms with Gasteiger partial charge in [0.15, 0.2) is 0 Å². The summed E-state index contributed by atoms with van der Waals surface area (Å²) in [6, 6.07) is 14.8. The van der Waals surface area contributed by atoms with Crippen LogP contribution in [0, 0.1) is 0 Å². The number of furan rings is 1. The minimum Gasteiger partial charge on any atom is -0.469 e. The molecule has 4 rings (SSSR count). The van der Waals surface area contributed by atoms with Crippen LogP contribution in [0.25, 0.3) is 0 Å². The summed E-state index contributed by atoms with van der Waals surface area (Å²) in [4.78, 5) is 29.8. The van der Waals surface area contributed by atoms with Crippen molar-refractivity contribution in [3.05, 3.63) is 81.9 Å². The molecule has 0 fully saturated rings. The molecule has 1 N–H and O–H groups in total. The maximum absolute atomic E-state index is 13.7. The van der Waals surface area contributed by atoms with Crippen molar-refractivity contribution in [2.24, 2.45) is 0 Å². The standard InChI is InChI=1S/C25H28N2O4S/c1-17(11-12-18-7-5-14-31-18)26-24(28)22-19-8-3-4-9-20(19)25(29)27(13-15-30-2)23(22)21-10-6-16-32-21/h3-10,14,16-17,22-23H,11-13,15H2,1-2H3,(H,26,28)/t17-,22+,23+/m1/s1. The molecule has 0 bridgehead atoms. The van der Waals surface area contributed by atoms with Gasteiger partial charge in [0.25, 0.3) is 5.91 Å². The van der Waals surface area contributed by atoms with Crippen molar-refractivity contribution < 1.29 is 18.7 Å². The lowest BCUT2D eigenvalue weighted by Crippen LogP contribution is -2.49. The number of amides is 2. The fraction of sp³-hybridized carbons (Fsp3) is 0.360. The van der Waals surface area contributed by atoms with Crippen LogP contribution in [-0.2, 0) is 16.0 Å². The highest BCUT2D eigenvalue weighted by Gasteiger charge is 2.44. The lowest BCUT2D eigenvalue weighted by atomic mass is 9.81. The molecule has 0 unspecified atom stereocenters. The molecule has 0 saturated heterocycles. The van der Waals surface area contributed by atoms with Gasteiger partial charge in [-0.25, -0.2) is 0 Å². The van der Waals surface area contributed by atoms with E-state index in [4.69, 9.17) is 9.15 Å². The van der Waals surface area contributed by atoms with Gasteiger partial charge in [-0.15, -0.1) is 11.3 Å². The van der Waals surface area contributed by atoms with Crippen LogP contribution in [0.2, 0.25) is 0 Å². The molecular weight excluding hydrogens is 424 g/mol. The predicted molar refractivity (Wildman–Crippen MR) is 124 cm³/mol. The van der Waals surface area contributed by atoms with E-state index in [9.17, 15) is 9.59 Å². The fourth-order valence-electron chi connectivity index (χ4n) is 4.30. The summed E-state index contributed by atoms with van der Waals surface area (Å²) in [5, 5.41) is 5.17. The average Bonchev–Trinajstić information content (AvgIpc) is 3.51. The van der Waals surface area contributed by atoms with E-state index in [-0.39, 0.29) is 23.9 Å². The normalized spacial score (nSPS) is 18.9. The van der Waals surface area contributed by atoms with E-state index in [1.165, 1.54) is 0 Å². The minimum absolute atomic E-state index is 0.0335. The van der Waals surface area contributed by atoms with Crippen LogP contribution >= 0.6 is 11.3 Å². The van der Waals surface area contributed by atoms with Gasteiger partial charge in [0.05, 0.1) is 24.8 Å². The number of aryl methyl sites for hydroxylation is 1. The molecule has 6 nitrogen and oxygen atoms in total. The smallest absolute Gasteiger partial charge is 0.254 e. The van der Waals surface area contributed by atoms with Gasteiger partial charge in [-0.05, 0) is 48.6 Å². The summed E-state index contributed by atoms with van der Waals surface area (Å²) in [6.45, 7) is 2.83. The minimum atomic E-state index is -0.495. The van der Waals surface area contributed by atoms with Gasteiger partial charge in [0.2, 0.25) is 5.91 Å². The Labute approximate surface area is 192 Å². The first kappa shape index (κ1) is 22.3. The number of fused-ring (bicyclic) bond motifs is 1. The number of rotatable bonds is 9. The maximum Gasteiger partial charge on any atom is 0.254 e. The molecular formula is C25H28N2O4S. The molecule has 1 aliphatic heterocycles. The molecule has 2 aromatic heterocycles. The van der Waals surface area contributed by atoms with E-state index in [1.807, 2.05) is 60.8 Å². The molecule has 32 heavy (non-hydrogen) atoms. The SMILES string of the molecule is COCCN1C(=O)c2ccccc2[C@H](C(=O)N[C@H](C)CCc2ccco2)[C@@H]1c1cccs1. The molecule has 0 saturated carbocycles. The highest BCUT2D eigenvalue weighted by atomic mass is 32.1. The van der Waals surface area contributed by atoms with Crippen LogP contribution in [0.5, 0.6) is 0 Å². The third-order valence-electron chi connectivity index (χ3n) is 5.88. The van der Waals surface area contributed by atoms with Crippen molar-refractivity contribution in [3.63, 3.8) is 0 Å². The number of hydrogen-bond acceptors (Lipinski definition) is 5. The summed E-state index contributed by atoms with van der Waals surface area (Å²) in [5.41, 5.74) is 1.36. The fourth-order valence-corrected chi connectivity index (χ4v) is 5.18. The zero-order chi connectivity index (χ0) is 22.5. The topological polar surface area (TPSA) is 71.8 Å². The second-order valence-corrected chi connectivity index (χ2v) is 9.02. The Balaban J connectivity index is 1.63. The summed E-state index contributed by atoms with van der Waals surface area (Å²) in [7, 11) is 1.62. The molecule has 3 atom stereocenters. The quantitative estimate of drug-likeness (QED) is 0.522. The molecule has 0 aliphatic carbocycles. The molecule has 3 aromatic rings. The Bertz CT molecular complexity index is 1030. The average molecular weight is 453 g/mol. The molecule has 1 aromatic carbocycles. The zero-order valence-corrected chi connectivity index (χ0v) is 19.1. The van der Waals surface area contributed by atoms with E-state index in [2.05, 4.69) is 5.32 Å². The number of nitrogens with one attached hydrogen (secondary N) is 1. The first-order chi connectivity index (χ1) is 15.6. The van der Waals surface area contributed by atoms with E-state index in [0.29, 0.717) is 18.7 Å². The summed E-state index contributed by atoms with van der Waals surface area (Å²) < 4.78 is 10.7. The number of benzene rings is 1. The molecule has 3 heterocycles. The van der Waals surface area contributed by atoms with Crippen molar-refractivity contribution >= 4 is 23.2 Å². The summed E-state index contributed by atoms with van der Waals surface area (Å²) in [5.74, 6) is 0.274. The number of ether oxygens (including phenoxy) is 1. The van der Waals surface area contributed by atoms with Gasteiger partial charge in [-0.2, -0.15) is 0 Å². The van der Waals surface area contributed by atoms with E-state index in [0.717, 1.165) is 29.0 Å². The van der Waals surface area contributed by atoms with E-state index < -0.39 is 5.92 Å². The Kier molecular flexibility index (Phi) is 7.07. The van der Waals surface area contributed by atoms with Crippen LogP contribution in [-0.4, -0.2) is 43.0 Å². The molecule has 0 radical (unpaired) electrons. The summed E-state index contributed by atoms with van der Waals surface area (Å²) >= 11 is 1.56. The van der Waals surface area contributed by atoms with E-state index >= 15 is 0 Å². The van der Waals surface area contributed by atoms with Gasteiger partial charge >= 0.3 is 0 Å². The second kappa shape index (κ2) is 10.1. The van der Waals surface area contributed by atoms with Crippen LogP contribution in [0.4, 0.5) is 0 Å². The zero-order valence-electron chi connectivity index (χ0n) is 18.3. The molecule has 168 valence electrons. The molecule has 1 aliphatic rings. The number of carbonyl (C=O) groups is 2. The summed E-state index contributed by atoms with van der Waals surface area (Å²) in [6.07, 6.45) is 3.18. The van der Waals surface area contributed by atoms with Gasteiger partial charge in [-0.3, -0.25) is 9.59 Å². The van der Waals surface area contributed by atoms with Gasteiger partial charge in [-0.1, -0.05) is 24.3 Å². The number of nitrogens with zero attached hydrogens (tertiary/aromatic N) is 1. The van der Waals surface area contributed by atoms with Gasteiger partial charge in [0, 0.05) is 36.6 Å². The lowest BCUT2D eigenvalue weighted by Gasteiger charge is -2.41. The monoisotopic (exact) mass is 452 g/mol. The number of hydrogen-bond donors (Lipinski definition) is 1. The Morgan fingerprint density at radius 2 is 2.06 bits per heavy atom. The number of thiophene rings is 1. The van der Waals surface area contributed by atoms with Crippen molar-refractivity contribution in [1.29, 1.82) is 0 Å². The third-order valence-corrected chi connectivity index (χ3v) is 6.83. The highest BCUT2D eigenvalue weighted by molar-refractivity contribution is 7.10. The van der Waals surface area contributed by atoms with Gasteiger partial charge < -0.3 is 19.4 Å². The molecule has 2 amide bonds. The maximum atomic E-state index is 13.7. The van der Waals surface area contributed by atoms with Crippen molar-refractivity contribution in [2.45, 2.75) is 37.8 Å². The Hall–Kier alpha value is -2.90. The Morgan fingerprint density at radius 3 is 2.78 bits per heavy atom. The van der Waals surface area contributed by atoms with Gasteiger partial charge in [0.1, 0.15) is 5.76 Å². The van der Waals surface area contributed by atoms with Crippen LogP contribution in [0.15, 0.2) is 64.6 Å². The first-order valence-corrected chi connectivity index (χ1v) is 11.7. The second-order valence-electron chi connectivity index (χ2n) is 8.04. The van der Waals surface area contributed by atoms with Crippen molar-refractivity contribution in [3.8, 4) is 0 Å². The van der Waals surface area contributed by atoms with Crippen LogP contribution in [0.1, 0.15) is 51.9 Å². The molecule has 0 spiro atoms. The largest absolute Gasteiger partial charge is 0.469 e. The molecule has 7 heteroatoms. The van der Waals surface area contributed by atoms with Crippen molar-refractivity contribution in [1.82, 2.24) is 10.2 Å². The lowest BCUT2D eigenvalue weighted by molar-refractivity contribution is -0.125. The number of carbonyl (C=O) groups excluding carboxylic acids is 2. The third kappa shape index (κ3) is 4.64. The highest BCUT2D eigenvalue weighted by Crippen LogP contribution is 2.44. The van der Waals surface area contributed by atoms with E-state index in [1.54, 1.807) is 29.6 Å². The van der Waals surface area contributed by atoms with Crippen LogP contribution < -0.4 is 5.32 Å². The predicted octanol–water partition coefficient (Wildman–Crippen LogP) is 4.41. The first-order valence-electron chi connectivity index (χ1n) is 10.8. The van der Waals surface area contributed by atoms with Crippen molar-refractivity contribution in [2.75, 3.05) is 20.3 Å².